The first-order chi connectivity index (χ1) is 10.0. The van der Waals surface area contributed by atoms with Crippen molar-refractivity contribution >= 4 is 11.7 Å². The Balaban J connectivity index is 2.15. The number of nitrogens with one attached hydrogen (secondary N) is 1. The van der Waals surface area contributed by atoms with Crippen LogP contribution < -0.4 is 5.32 Å². The van der Waals surface area contributed by atoms with Crippen LogP contribution in [-0.2, 0) is 11.3 Å². The fourth-order valence-electron chi connectivity index (χ4n) is 2.07. The van der Waals surface area contributed by atoms with Crippen LogP contribution in [0.25, 0.3) is 0 Å². The number of carbonyl (C=O) groups is 1. The maximum Gasteiger partial charge on any atom is 0.337 e. The molecular formula is C17H18FNO2. The molecule has 0 heterocycles. The molecule has 0 aromatic heterocycles. The number of hydrogen-bond acceptors (Lipinski definition) is 3. The SMILES string of the molecule is COC(=O)c1ccc(C)c(NCc2ccc(F)c(C)c2)c1. The molecule has 0 aliphatic carbocycles. The lowest BCUT2D eigenvalue weighted by Crippen LogP contribution is -2.05. The summed E-state index contributed by atoms with van der Waals surface area (Å²) in [6.45, 7) is 4.26. The number of esters is 1. The summed E-state index contributed by atoms with van der Waals surface area (Å²) in [5, 5.41) is 3.27. The monoisotopic (exact) mass is 287 g/mol. The smallest absolute Gasteiger partial charge is 0.337 e. The average molecular weight is 287 g/mol. The Morgan fingerprint density at radius 2 is 1.90 bits per heavy atom. The summed E-state index contributed by atoms with van der Waals surface area (Å²) in [4.78, 5) is 11.5. The number of anilines is 1. The predicted molar refractivity (Wildman–Crippen MR) is 81.0 cm³/mol. The zero-order valence-electron chi connectivity index (χ0n) is 12.4. The lowest BCUT2D eigenvalue weighted by molar-refractivity contribution is 0.0601. The van der Waals surface area contributed by atoms with Gasteiger partial charge in [-0.05, 0) is 48.7 Å². The summed E-state index contributed by atoms with van der Waals surface area (Å²) in [5.74, 6) is -0.571. The lowest BCUT2D eigenvalue weighted by atomic mass is 10.1. The first kappa shape index (κ1) is 15.0. The van der Waals surface area contributed by atoms with Gasteiger partial charge in [-0.1, -0.05) is 18.2 Å². The van der Waals surface area contributed by atoms with E-state index in [-0.39, 0.29) is 11.8 Å². The van der Waals surface area contributed by atoms with Crippen molar-refractivity contribution in [1.29, 1.82) is 0 Å². The average Bonchev–Trinajstić information content (AvgIpc) is 2.49. The highest BCUT2D eigenvalue weighted by Crippen LogP contribution is 2.19. The van der Waals surface area contributed by atoms with E-state index >= 15 is 0 Å². The molecule has 2 aromatic rings. The Kier molecular flexibility index (Phi) is 4.58. The van der Waals surface area contributed by atoms with Crippen molar-refractivity contribution in [2.45, 2.75) is 20.4 Å². The van der Waals surface area contributed by atoms with Gasteiger partial charge in [0.25, 0.3) is 0 Å². The number of halogens is 1. The summed E-state index contributed by atoms with van der Waals surface area (Å²) in [6, 6.07) is 10.4. The van der Waals surface area contributed by atoms with E-state index in [1.54, 1.807) is 25.1 Å². The molecule has 21 heavy (non-hydrogen) atoms. The van der Waals surface area contributed by atoms with E-state index in [9.17, 15) is 9.18 Å². The second-order valence-electron chi connectivity index (χ2n) is 4.96. The highest BCUT2D eigenvalue weighted by Gasteiger charge is 2.08. The van der Waals surface area contributed by atoms with Crippen LogP contribution in [0.1, 0.15) is 27.0 Å². The lowest BCUT2D eigenvalue weighted by Gasteiger charge is -2.11. The van der Waals surface area contributed by atoms with Crippen LogP contribution in [0.15, 0.2) is 36.4 Å². The number of ether oxygens (including phenoxy) is 1. The van der Waals surface area contributed by atoms with Gasteiger partial charge in [0.05, 0.1) is 12.7 Å². The molecule has 2 aromatic carbocycles. The van der Waals surface area contributed by atoms with Crippen LogP contribution in [0.3, 0.4) is 0 Å². The summed E-state index contributed by atoms with van der Waals surface area (Å²) >= 11 is 0. The number of methoxy groups -OCH3 is 1. The van der Waals surface area contributed by atoms with E-state index in [1.165, 1.54) is 13.2 Å². The van der Waals surface area contributed by atoms with Gasteiger partial charge in [-0.25, -0.2) is 9.18 Å². The molecule has 0 fully saturated rings. The fraction of sp³-hybridized carbons (Fsp3) is 0.235. The van der Waals surface area contributed by atoms with Gasteiger partial charge in [-0.15, -0.1) is 0 Å². The Morgan fingerprint density at radius 3 is 2.57 bits per heavy atom. The summed E-state index contributed by atoms with van der Waals surface area (Å²) in [6.07, 6.45) is 0. The third-order valence-electron chi connectivity index (χ3n) is 3.36. The number of carbonyl (C=O) groups excluding carboxylic acids is 1. The van der Waals surface area contributed by atoms with Crippen molar-refractivity contribution in [2.24, 2.45) is 0 Å². The molecular weight excluding hydrogens is 269 g/mol. The maximum atomic E-state index is 13.2. The van der Waals surface area contributed by atoms with Gasteiger partial charge in [0.15, 0.2) is 0 Å². The molecule has 0 aliphatic heterocycles. The van der Waals surface area contributed by atoms with E-state index < -0.39 is 0 Å². The quantitative estimate of drug-likeness (QED) is 0.868. The Bertz CT molecular complexity index is 668. The van der Waals surface area contributed by atoms with Gasteiger partial charge >= 0.3 is 5.97 Å². The van der Waals surface area contributed by atoms with Gasteiger partial charge in [0.2, 0.25) is 0 Å². The molecule has 0 unspecified atom stereocenters. The molecule has 0 saturated carbocycles. The van der Waals surface area contributed by atoms with E-state index in [2.05, 4.69) is 5.32 Å². The molecule has 0 aliphatic rings. The summed E-state index contributed by atoms with van der Waals surface area (Å²) < 4.78 is 17.9. The molecule has 4 heteroatoms. The van der Waals surface area contributed by atoms with Crippen molar-refractivity contribution in [3.8, 4) is 0 Å². The standard InChI is InChI=1S/C17H18FNO2/c1-11-4-6-14(17(20)21-3)9-16(11)19-10-13-5-7-15(18)12(2)8-13/h4-9,19H,10H2,1-3H3. The van der Waals surface area contributed by atoms with Crippen molar-refractivity contribution in [3.05, 3.63) is 64.5 Å². The Labute approximate surface area is 123 Å². The number of rotatable bonds is 4. The molecule has 0 radical (unpaired) electrons. The topological polar surface area (TPSA) is 38.3 Å². The van der Waals surface area contributed by atoms with Crippen molar-refractivity contribution in [2.75, 3.05) is 12.4 Å². The van der Waals surface area contributed by atoms with E-state index in [0.717, 1.165) is 16.8 Å². The molecule has 2 rings (SSSR count). The molecule has 0 amide bonds. The number of benzene rings is 2. The first-order valence-electron chi connectivity index (χ1n) is 6.69. The minimum atomic E-state index is -0.365. The highest BCUT2D eigenvalue weighted by atomic mass is 19.1. The van der Waals surface area contributed by atoms with E-state index in [4.69, 9.17) is 4.74 Å². The van der Waals surface area contributed by atoms with Gasteiger partial charge in [-0.3, -0.25) is 0 Å². The molecule has 0 spiro atoms. The van der Waals surface area contributed by atoms with Crippen LogP contribution >= 0.6 is 0 Å². The largest absolute Gasteiger partial charge is 0.465 e. The summed E-state index contributed by atoms with van der Waals surface area (Å²) in [7, 11) is 1.36. The molecule has 110 valence electrons. The van der Waals surface area contributed by atoms with Gasteiger partial charge in [0.1, 0.15) is 5.82 Å². The van der Waals surface area contributed by atoms with Gasteiger partial charge in [-0.2, -0.15) is 0 Å². The van der Waals surface area contributed by atoms with Gasteiger partial charge < -0.3 is 10.1 Å². The van der Waals surface area contributed by atoms with E-state index in [1.807, 2.05) is 19.1 Å². The zero-order chi connectivity index (χ0) is 15.4. The number of aryl methyl sites for hydroxylation is 2. The zero-order valence-corrected chi connectivity index (χ0v) is 12.4. The third kappa shape index (κ3) is 3.60. The second kappa shape index (κ2) is 6.39. The predicted octanol–water partition coefficient (Wildman–Crippen LogP) is 3.84. The van der Waals surface area contributed by atoms with Crippen LogP contribution in [0.5, 0.6) is 0 Å². The normalized spacial score (nSPS) is 10.3. The van der Waals surface area contributed by atoms with Crippen molar-refractivity contribution < 1.29 is 13.9 Å². The van der Waals surface area contributed by atoms with Crippen LogP contribution in [0.4, 0.5) is 10.1 Å². The van der Waals surface area contributed by atoms with Crippen LogP contribution in [-0.4, -0.2) is 13.1 Å². The fourth-order valence-corrected chi connectivity index (χ4v) is 2.07. The Morgan fingerprint density at radius 1 is 1.14 bits per heavy atom. The molecule has 3 nitrogen and oxygen atoms in total. The maximum absolute atomic E-state index is 13.2. The number of hydrogen-bond donors (Lipinski definition) is 1. The van der Waals surface area contributed by atoms with Gasteiger partial charge in [0, 0.05) is 12.2 Å². The molecule has 1 N–H and O–H groups in total. The first-order valence-corrected chi connectivity index (χ1v) is 6.69. The second-order valence-corrected chi connectivity index (χ2v) is 4.96. The minimum Gasteiger partial charge on any atom is -0.465 e. The molecule has 0 saturated heterocycles. The molecule has 0 atom stereocenters. The summed E-state index contributed by atoms with van der Waals surface area (Å²) in [5.41, 5.74) is 3.99. The van der Waals surface area contributed by atoms with Crippen molar-refractivity contribution in [1.82, 2.24) is 0 Å². The molecule has 0 bridgehead atoms. The third-order valence-corrected chi connectivity index (χ3v) is 3.36. The minimum absolute atomic E-state index is 0.206. The Hall–Kier alpha value is -2.36. The van der Waals surface area contributed by atoms with Crippen LogP contribution in [0.2, 0.25) is 0 Å². The van der Waals surface area contributed by atoms with Crippen molar-refractivity contribution in [3.63, 3.8) is 0 Å². The van der Waals surface area contributed by atoms with Crippen LogP contribution in [0, 0.1) is 19.7 Å². The van der Waals surface area contributed by atoms with E-state index in [0.29, 0.717) is 17.7 Å². The highest BCUT2D eigenvalue weighted by molar-refractivity contribution is 5.90.